The van der Waals surface area contributed by atoms with Crippen molar-refractivity contribution < 1.29 is 31.4 Å². The molecular formula is C23H14F5N3O2. The summed E-state index contributed by atoms with van der Waals surface area (Å²) in [7, 11) is 0. The monoisotopic (exact) mass is 459 g/mol. The fourth-order valence-corrected chi connectivity index (χ4v) is 2.96. The van der Waals surface area contributed by atoms with Crippen LogP contribution in [0.5, 0.6) is 5.75 Å². The van der Waals surface area contributed by atoms with Crippen LogP contribution in [0.15, 0.2) is 72.9 Å². The largest absolute Gasteiger partial charge is 0.573 e. The van der Waals surface area contributed by atoms with Gasteiger partial charge in [0, 0.05) is 11.8 Å². The molecule has 4 rings (SSSR count). The Morgan fingerprint density at radius 3 is 2.21 bits per heavy atom. The Balaban J connectivity index is 1.54. The van der Waals surface area contributed by atoms with E-state index in [-0.39, 0.29) is 5.65 Å². The number of rotatable bonds is 5. The normalized spacial score (nSPS) is 11.8. The van der Waals surface area contributed by atoms with Crippen LogP contribution in [0.2, 0.25) is 0 Å². The Morgan fingerprint density at radius 1 is 0.818 bits per heavy atom. The highest BCUT2D eigenvalue weighted by Crippen LogP contribution is 2.30. The molecule has 0 saturated carbocycles. The van der Waals surface area contributed by atoms with Crippen molar-refractivity contribution in [3.63, 3.8) is 0 Å². The van der Waals surface area contributed by atoms with E-state index in [1.54, 1.807) is 30.3 Å². The van der Waals surface area contributed by atoms with Gasteiger partial charge in [-0.1, -0.05) is 42.2 Å². The molecule has 0 N–H and O–H groups in total. The summed E-state index contributed by atoms with van der Waals surface area (Å²) in [5.74, 6) is 4.10. The van der Waals surface area contributed by atoms with Gasteiger partial charge in [-0.3, -0.25) is 4.40 Å². The lowest BCUT2D eigenvalue weighted by atomic mass is 10.1. The van der Waals surface area contributed by atoms with Gasteiger partial charge in [0.05, 0.1) is 0 Å². The first-order valence-corrected chi connectivity index (χ1v) is 9.48. The number of ether oxygens (including phenoxy) is 2. The van der Waals surface area contributed by atoms with Crippen LogP contribution in [0.4, 0.5) is 22.0 Å². The summed E-state index contributed by atoms with van der Waals surface area (Å²) in [6, 6.07) is 16.9. The number of hydrogen-bond donors (Lipinski definition) is 0. The molecule has 2 aromatic carbocycles. The Hall–Kier alpha value is -3.97. The smallest absolute Gasteiger partial charge is 0.406 e. The second kappa shape index (κ2) is 8.88. The minimum absolute atomic E-state index is 0.143. The predicted molar refractivity (Wildman–Crippen MR) is 108 cm³/mol. The topological polar surface area (TPSA) is 48.7 Å². The lowest BCUT2D eigenvalue weighted by Crippen LogP contribution is -2.22. The lowest BCUT2D eigenvalue weighted by Gasteiger charge is -2.14. The van der Waals surface area contributed by atoms with E-state index in [1.165, 1.54) is 24.4 Å². The van der Waals surface area contributed by atoms with E-state index >= 15 is 0 Å². The van der Waals surface area contributed by atoms with Gasteiger partial charge in [0.2, 0.25) is 5.82 Å². The van der Waals surface area contributed by atoms with Crippen LogP contribution in [0.3, 0.4) is 0 Å². The molecule has 0 aliphatic carbocycles. The molecule has 0 aliphatic heterocycles. The molecular weight excluding hydrogens is 445 g/mol. The zero-order valence-electron chi connectivity index (χ0n) is 16.7. The van der Waals surface area contributed by atoms with Gasteiger partial charge in [-0.2, -0.15) is 8.78 Å². The third-order valence-electron chi connectivity index (χ3n) is 4.42. The van der Waals surface area contributed by atoms with Gasteiger partial charge in [0.15, 0.2) is 5.65 Å². The van der Waals surface area contributed by atoms with Gasteiger partial charge < -0.3 is 9.47 Å². The highest BCUT2D eigenvalue weighted by atomic mass is 19.4. The zero-order chi connectivity index (χ0) is 23.5. The van der Waals surface area contributed by atoms with E-state index in [0.717, 1.165) is 16.5 Å². The fraction of sp³-hybridized carbons (Fsp3) is 0.130. The molecule has 0 unspecified atom stereocenters. The number of hydrogen-bond acceptors (Lipinski definition) is 4. The molecule has 0 spiro atoms. The highest BCUT2D eigenvalue weighted by molar-refractivity contribution is 5.65. The molecule has 0 fully saturated rings. The Labute approximate surface area is 184 Å². The first kappa shape index (κ1) is 22.2. The number of pyridine rings is 1. The number of alkyl halides is 5. The van der Waals surface area contributed by atoms with Crippen LogP contribution < -0.4 is 4.74 Å². The van der Waals surface area contributed by atoms with E-state index in [9.17, 15) is 22.0 Å². The number of benzene rings is 2. The molecule has 33 heavy (non-hydrogen) atoms. The number of halogens is 5. The second-order valence-electron chi connectivity index (χ2n) is 6.72. The SMILES string of the molecule is FC(F)(F)Oc1ccc(-c2ccc3nnc(C(F)(F)OCC#Cc4ccccc4)n3c2)cc1. The summed E-state index contributed by atoms with van der Waals surface area (Å²) in [5, 5.41) is 7.26. The van der Waals surface area contributed by atoms with Gasteiger partial charge in [-0.15, -0.1) is 23.4 Å². The third kappa shape index (κ3) is 5.45. The Bertz CT molecular complexity index is 1310. The quantitative estimate of drug-likeness (QED) is 0.296. The van der Waals surface area contributed by atoms with E-state index in [4.69, 9.17) is 0 Å². The maximum absolute atomic E-state index is 14.7. The molecule has 2 heterocycles. The van der Waals surface area contributed by atoms with E-state index in [2.05, 4.69) is 31.5 Å². The van der Waals surface area contributed by atoms with E-state index < -0.39 is 30.7 Å². The van der Waals surface area contributed by atoms with Crippen molar-refractivity contribution in [2.75, 3.05) is 6.61 Å². The molecule has 0 radical (unpaired) electrons. The average Bonchev–Trinajstić information content (AvgIpc) is 3.21. The number of aromatic nitrogens is 3. The van der Waals surface area contributed by atoms with Gasteiger partial charge >= 0.3 is 12.5 Å². The molecule has 0 atom stereocenters. The zero-order valence-corrected chi connectivity index (χ0v) is 16.7. The molecule has 168 valence electrons. The molecule has 5 nitrogen and oxygen atoms in total. The lowest BCUT2D eigenvalue weighted by molar-refractivity contribution is -0.274. The van der Waals surface area contributed by atoms with Gasteiger partial charge in [0.1, 0.15) is 12.4 Å². The van der Waals surface area contributed by atoms with Crippen LogP contribution in [0.1, 0.15) is 11.4 Å². The predicted octanol–water partition coefficient (Wildman–Crippen LogP) is 5.41. The summed E-state index contributed by atoms with van der Waals surface area (Å²) in [5.41, 5.74) is 1.73. The number of nitrogens with zero attached hydrogens (tertiary/aromatic N) is 3. The molecule has 0 bridgehead atoms. The van der Waals surface area contributed by atoms with Crippen molar-refractivity contribution in [1.29, 1.82) is 0 Å². The number of fused-ring (bicyclic) bond motifs is 1. The standard InChI is InChI=1S/C23H14F5N3O2/c24-22(25,32-14-4-7-16-5-2-1-3-6-16)21-30-29-20-13-10-18(15-31(20)21)17-8-11-19(12-9-17)33-23(26,27)28/h1-3,5-6,8-13,15H,14H2. The highest BCUT2D eigenvalue weighted by Gasteiger charge is 2.38. The molecule has 0 aliphatic rings. The van der Waals surface area contributed by atoms with Crippen LogP contribution in [0.25, 0.3) is 16.8 Å². The van der Waals surface area contributed by atoms with Crippen molar-refractivity contribution in [2.24, 2.45) is 0 Å². The Kier molecular flexibility index (Phi) is 5.98. The van der Waals surface area contributed by atoms with Crippen molar-refractivity contribution in [3.05, 3.63) is 84.3 Å². The minimum Gasteiger partial charge on any atom is -0.406 e. The molecule has 0 amide bonds. The maximum atomic E-state index is 14.7. The first-order valence-electron chi connectivity index (χ1n) is 9.48. The van der Waals surface area contributed by atoms with Crippen LogP contribution in [0, 0.1) is 11.8 Å². The van der Waals surface area contributed by atoms with Gasteiger partial charge in [-0.05, 0) is 47.5 Å². The van der Waals surface area contributed by atoms with Crippen LogP contribution in [-0.4, -0.2) is 27.6 Å². The van der Waals surface area contributed by atoms with Crippen molar-refractivity contribution in [1.82, 2.24) is 14.6 Å². The third-order valence-corrected chi connectivity index (χ3v) is 4.42. The average molecular weight is 459 g/mol. The van der Waals surface area contributed by atoms with E-state index in [0.29, 0.717) is 16.7 Å². The van der Waals surface area contributed by atoms with Gasteiger partial charge in [0.25, 0.3) is 0 Å². The van der Waals surface area contributed by atoms with Crippen LogP contribution in [-0.2, 0) is 10.8 Å². The minimum atomic E-state index is -4.81. The molecule has 4 aromatic rings. The Morgan fingerprint density at radius 2 is 1.52 bits per heavy atom. The van der Waals surface area contributed by atoms with Crippen LogP contribution >= 0.6 is 0 Å². The summed E-state index contributed by atoms with van der Waals surface area (Å²) in [6.45, 7) is -0.544. The summed E-state index contributed by atoms with van der Waals surface area (Å²) in [4.78, 5) is 0. The molecule has 10 heteroatoms. The summed E-state index contributed by atoms with van der Waals surface area (Å²) in [6.07, 6.45) is -7.25. The summed E-state index contributed by atoms with van der Waals surface area (Å²) >= 11 is 0. The fourth-order valence-electron chi connectivity index (χ4n) is 2.96. The maximum Gasteiger partial charge on any atom is 0.573 e. The molecule has 2 aromatic heterocycles. The van der Waals surface area contributed by atoms with Crippen molar-refractivity contribution in [3.8, 4) is 28.7 Å². The van der Waals surface area contributed by atoms with E-state index in [1.807, 2.05) is 6.07 Å². The molecule has 0 saturated heterocycles. The van der Waals surface area contributed by atoms with Gasteiger partial charge in [-0.25, -0.2) is 0 Å². The second-order valence-corrected chi connectivity index (χ2v) is 6.72. The first-order chi connectivity index (χ1) is 15.7. The van der Waals surface area contributed by atoms with Crippen molar-refractivity contribution in [2.45, 2.75) is 12.5 Å². The van der Waals surface area contributed by atoms with Crippen molar-refractivity contribution >= 4 is 5.65 Å². The summed E-state index contributed by atoms with van der Waals surface area (Å²) < 4.78 is 75.8.